The monoisotopic (exact) mass is 344 g/mol. The number of nitrogens with zero attached hydrogens (tertiary/aromatic N) is 2. The van der Waals surface area contributed by atoms with E-state index in [0.717, 1.165) is 0 Å². The van der Waals surface area contributed by atoms with Crippen LogP contribution in [0.5, 0.6) is 5.88 Å². The lowest BCUT2D eigenvalue weighted by Crippen LogP contribution is -2.18. The fourth-order valence-corrected chi connectivity index (χ4v) is 1.50. The largest absolute Gasteiger partial charge is 0.574 e. The SMILES string of the molecule is N#Cc1cc(Br)nc(OC(F)(F)F)c1Br. The Hall–Kier alpha value is -0.810. The van der Waals surface area contributed by atoms with Crippen LogP contribution in [0.25, 0.3) is 0 Å². The van der Waals surface area contributed by atoms with Gasteiger partial charge in [-0.3, -0.25) is 0 Å². The molecule has 3 nitrogen and oxygen atoms in total. The molecule has 0 atom stereocenters. The minimum atomic E-state index is -4.84. The summed E-state index contributed by atoms with van der Waals surface area (Å²) in [4.78, 5) is 3.44. The van der Waals surface area contributed by atoms with Gasteiger partial charge in [-0.15, -0.1) is 13.2 Å². The molecule has 0 aromatic carbocycles. The lowest BCUT2D eigenvalue weighted by atomic mass is 10.3. The maximum atomic E-state index is 11.9. The van der Waals surface area contributed by atoms with E-state index in [1.54, 1.807) is 6.07 Å². The van der Waals surface area contributed by atoms with Crippen molar-refractivity contribution in [1.29, 1.82) is 5.26 Å². The van der Waals surface area contributed by atoms with Gasteiger partial charge in [0.1, 0.15) is 10.7 Å². The lowest BCUT2D eigenvalue weighted by Gasteiger charge is -2.10. The van der Waals surface area contributed by atoms with E-state index in [9.17, 15) is 13.2 Å². The van der Waals surface area contributed by atoms with Gasteiger partial charge in [0.25, 0.3) is 0 Å². The number of hydrogen-bond acceptors (Lipinski definition) is 3. The predicted molar refractivity (Wildman–Crippen MR) is 51.0 cm³/mol. The summed E-state index contributed by atoms with van der Waals surface area (Å²) in [6, 6.07) is 2.97. The zero-order chi connectivity index (χ0) is 11.6. The van der Waals surface area contributed by atoms with Gasteiger partial charge in [-0.2, -0.15) is 5.26 Å². The highest BCUT2D eigenvalue weighted by atomic mass is 79.9. The Morgan fingerprint density at radius 1 is 1.40 bits per heavy atom. The number of nitriles is 1. The number of pyridine rings is 1. The normalized spacial score (nSPS) is 10.9. The van der Waals surface area contributed by atoms with Gasteiger partial charge in [0.2, 0.25) is 5.88 Å². The predicted octanol–water partition coefficient (Wildman–Crippen LogP) is 3.38. The summed E-state index contributed by atoms with van der Waals surface area (Å²) in [5, 5.41) is 8.60. The molecule has 15 heavy (non-hydrogen) atoms. The molecule has 0 N–H and O–H groups in total. The van der Waals surface area contributed by atoms with Crippen LogP contribution in [-0.2, 0) is 0 Å². The van der Waals surface area contributed by atoms with Crippen molar-refractivity contribution in [3.8, 4) is 11.9 Å². The van der Waals surface area contributed by atoms with Gasteiger partial charge in [0.05, 0.1) is 10.0 Å². The molecule has 0 aliphatic carbocycles. The smallest absolute Gasteiger partial charge is 0.387 e. The van der Waals surface area contributed by atoms with E-state index in [4.69, 9.17) is 5.26 Å². The van der Waals surface area contributed by atoms with Gasteiger partial charge < -0.3 is 4.74 Å². The average Bonchev–Trinajstić information content (AvgIpc) is 2.08. The van der Waals surface area contributed by atoms with Crippen LogP contribution >= 0.6 is 31.9 Å². The molecule has 0 fully saturated rings. The van der Waals surface area contributed by atoms with E-state index in [2.05, 4.69) is 41.6 Å². The highest BCUT2D eigenvalue weighted by Crippen LogP contribution is 2.32. The molecule has 0 aliphatic rings. The molecule has 1 aromatic rings. The minimum Gasteiger partial charge on any atom is -0.387 e. The molecule has 0 radical (unpaired) electrons. The summed E-state index contributed by atoms with van der Waals surface area (Å²) in [5.41, 5.74) is -0.00359. The van der Waals surface area contributed by atoms with Crippen LogP contribution in [0.4, 0.5) is 13.2 Å². The Kier molecular flexibility index (Phi) is 3.57. The summed E-state index contributed by atoms with van der Waals surface area (Å²) < 4.78 is 39.3. The Morgan fingerprint density at radius 2 is 2.00 bits per heavy atom. The Labute approximate surface area is 99.1 Å². The van der Waals surface area contributed by atoms with Crippen LogP contribution in [0, 0.1) is 11.3 Å². The van der Waals surface area contributed by atoms with E-state index < -0.39 is 12.2 Å². The molecule has 80 valence electrons. The molecule has 0 amide bonds. The molecule has 0 spiro atoms. The van der Waals surface area contributed by atoms with E-state index in [0.29, 0.717) is 0 Å². The molecule has 0 bridgehead atoms. The average molecular weight is 346 g/mol. The standard InChI is InChI=1S/C7HBr2F3N2O/c8-4-1-3(2-13)5(9)6(14-4)15-7(10,11)12/h1H. The molecular formula is C7HBr2F3N2O. The van der Waals surface area contributed by atoms with Gasteiger partial charge in [0.15, 0.2) is 0 Å². The van der Waals surface area contributed by atoms with Crippen molar-refractivity contribution >= 4 is 31.9 Å². The third-order valence-electron chi connectivity index (χ3n) is 1.23. The maximum absolute atomic E-state index is 11.9. The summed E-state index contributed by atoms with van der Waals surface area (Å²) >= 11 is 5.66. The van der Waals surface area contributed by atoms with E-state index in [1.807, 2.05) is 0 Å². The topological polar surface area (TPSA) is 45.9 Å². The number of alkyl halides is 3. The highest BCUT2D eigenvalue weighted by molar-refractivity contribution is 9.11. The fraction of sp³-hybridized carbons (Fsp3) is 0.143. The molecular weight excluding hydrogens is 345 g/mol. The second-order valence-electron chi connectivity index (χ2n) is 2.27. The van der Waals surface area contributed by atoms with E-state index in [-0.39, 0.29) is 14.6 Å². The first-order chi connectivity index (χ1) is 6.83. The van der Waals surface area contributed by atoms with Gasteiger partial charge in [-0.25, -0.2) is 4.98 Å². The lowest BCUT2D eigenvalue weighted by molar-refractivity contribution is -0.276. The molecule has 1 heterocycles. The first-order valence-corrected chi connectivity index (χ1v) is 4.94. The number of halogens is 5. The van der Waals surface area contributed by atoms with Crippen LogP contribution in [-0.4, -0.2) is 11.3 Å². The number of rotatable bonds is 1. The third-order valence-corrected chi connectivity index (χ3v) is 2.40. The van der Waals surface area contributed by atoms with Crippen LogP contribution in [0.2, 0.25) is 0 Å². The van der Waals surface area contributed by atoms with Gasteiger partial charge in [-0.1, -0.05) is 0 Å². The van der Waals surface area contributed by atoms with Gasteiger partial charge >= 0.3 is 6.36 Å². The molecule has 0 unspecified atom stereocenters. The first kappa shape index (κ1) is 12.3. The van der Waals surface area contributed by atoms with Crippen molar-refractivity contribution in [1.82, 2.24) is 4.98 Å². The summed E-state index contributed by atoms with van der Waals surface area (Å²) in [7, 11) is 0. The first-order valence-electron chi connectivity index (χ1n) is 3.35. The summed E-state index contributed by atoms with van der Waals surface area (Å²) in [6.07, 6.45) is -4.84. The van der Waals surface area contributed by atoms with E-state index >= 15 is 0 Å². The maximum Gasteiger partial charge on any atom is 0.574 e. The zero-order valence-corrected chi connectivity index (χ0v) is 9.94. The Morgan fingerprint density at radius 3 is 2.47 bits per heavy atom. The zero-order valence-electron chi connectivity index (χ0n) is 6.77. The van der Waals surface area contributed by atoms with Crippen LogP contribution < -0.4 is 4.74 Å². The van der Waals surface area contributed by atoms with Crippen LogP contribution in [0.3, 0.4) is 0 Å². The van der Waals surface area contributed by atoms with Gasteiger partial charge in [0, 0.05) is 0 Å². The highest BCUT2D eigenvalue weighted by Gasteiger charge is 2.33. The quantitative estimate of drug-likeness (QED) is 0.733. The minimum absolute atomic E-state index is 0.00359. The Bertz CT molecular complexity index is 427. The fourth-order valence-electron chi connectivity index (χ4n) is 0.735. The van der Waals surface area contributed by atoms with Crippen LogP contribution in [0.15, 0.2) is 15.1 Å². The number of hydrogen-bond donors (Lipinski definition) is 0. The molecule has 0 saturated heterocycles. The number of aromatic nitrogens is 1. The second-order valence-corrected chi connectivity index (χ2v) is 3.88. The van der Waals surface area contributed by atoms with Crippen LogP contribution in [0.1, 0.15) is 5.56 Å². The van der Waals surface area contributed by atoms with Crippen molar-refractivity contribution in [2.24, 2.45) is 0 Å². The molecule has 1 rings (SSSR count). The Balaban J connectivity index is 3.20. The summed E-state index contributed by atoms with van der Waals surface area (Å²) in [6.45, 7) is 0. The van der Waals surface area contributed by atoms with Crippen molar-refractivity contribution < 1.29 is 17.9 Å². The van der Waals surface area contributed by atoms with Crippen molar-refractivity contribution in [2.45, 2.75) is 6.36 Å². The van der Waals surface area contributed by atoms with Gasteiger partial charge in [-0.05, 0) is 37.9 Å². The molecule has 8 heteroatoms. The molecule has 1 aromatic heterocycles. The van der Waals surface area contributed by atoms with Crippen molar-refractivity contribution in [3.63, 3.8) is 0 Å². The number of ether oxygens (including phenoxy) is 1. The second kappa shape index (κ2) is 4.37. The summed E-state index contributed by atoms with van der Waals surface area (Å²) in [5.74, 6) is -0.701. The molecule has 0 saturated carbocycles. The third kappa shape index (κ3) is 3.35. The van der Waals surface area contributed by atoms with Crippen molar-refractivity contribution in [3.05, 3.63) is 20.7 Å². The van der Waals surface area contributed by atoms with Crippen molar-refractivity contribution in [2.75, 3.05) is 0 Å². The van der Waals surface area contributed by atoms with E-state index in [1.165, 1.54) is 6.07 Å². The molecule has 0 aliphatic heterocycles.